The fourth-order valence-corrected chi connectivity index (χ4v) is 2.75. The van der Waals surface area contributed by atoms with Crippen LogP contribution in [0.15, 0.2) is 12.1 Å². The third-order valence-corrected chi connectivity index (χ3v) is 3.83. The number of benzene rings is 1. The topological polar surface area (TPSA) is 38.3 Å². The van der Waals surface area contributed by atoms with Crippen molar-refractivity contribution in [1.29, 1.82) is 0 Å². The number of carbonyl (C=O) groups excluding carboxylic acids is 1. The fraction of sp³-hybridized carbons (Fsp3) is 0.562. The molecule has 0 saturated carbocycles. The van der Waals surface area contributed by atoms with Crippen LogP contribution in [0, 0.1) is 26.7 Å². The Hall–Kier alpha value is -1.35. The minimum Gasteiger partial charge on any atom is -0.461 e. The molecule has 1 aromatic carbocycles. The van der Waals surface area contributed by atoms with Gasteiger partial charge >= 0.3 is 5.97 Å². The molecule has 0 aliphatic carbocycles. The van der Waals surface area contributed by atoms with Gasteiger partial charge in [-0.3, -0.25) is 4.79 Å². The monoisotopic (exact) mass is 261 g/mol. The molecule has 1 aliphatic rings. The number of carbonyl (C=O) groups is 1. The molecule has 3 heteroatoms. The highest BCUT2D eigenvalue weighted by atomic mass is 16.5. The van der Waals surface area contributed by atoms with E-state index in [9.17, 15) is 4.79 Å². The molecule has 1 aliphatic heterocycles. The molecule has 0 amide bonds. The molecule has 0 aromatic heterocycles. The molecule has 1 unspecified atom stereocenters. The molecular formula is C16H23NO2. The van der Waals surface area contributed by atoms with Crippen molar-refractivity contribution in [2.45, 2.75) is 40.2 Å². The first kappa shape index (κ1) is 14.1. The molecule has 1 aromatic rings. The second-order valence-corrected chi connectivity index (χ2v) is 5.53. The molecule has 2 rings (SSSR count). The zero-order valence-electron chi connectivity index (χ0n) is 12.1. The van der Waals surface area contributed by atoms with E-state index >= 15 is 0 Å². The average molecular weight is 261 g/mol. The minimum absolute atomic E-state index is 0.0276. The van der Waals surface area contributed by atoms with Gasteiger partial charge < -0.3 is 10.1 Å². The van der Waals surface area contributed by atoms with Gasteiger partial charge in [-0.1, -0.05) is 17.7 Å². The Morgan fingerprint density at radius 2 is 2.00 bits per heavy atom. The van der Waals surface area contributed by atoms with Crippen LogP contribution in [0.3, 0.4) is 0 Å². The Morgan fingerprint density at radius 3 is 2.58 bits per heavy atom. The van der Waals surface area contributed by atoms with Crippen molar-refractivity contribution >= 4 is 5.97 Å². The van der Waals surface area contributed by atoms with Gasteiger partial charge in [0.05, 0.1) is 5.92 Å². The number of hydrogen-bond donors (Lipinski definition) is 1. The summed E-state index contributed by atoms with van der Waals surface area (Å²) in [7, 11) is 0. The van der Waals surface area contributed by atoms with E-state index in [2.05, 4.69) is 38.2 Å². The highest BCUT2D eigenvalue weighted by Crippen LogP contribution is 2.19. The van der Waals surface area contributed by atoms with E-state index in [4.69, 9.17) is 4.74 Å². The van der Waals surface area contributed by atoms with Crippen molar-refractivity contribution in [3.8, 4) is 0 Å². The standard InChI is InChI=1S/C16H23NO2/c1-11-7-12(2)15(13(3)8-11)10-19-16(18)14-5-4-6-17-9-14/h7-8,14,17H,4-6,9-10H2,1-3H3. The second-order valence-electron chi connectivity index (χ2n) is 5.53. The Bertz CT molecular complexity index is 439. The van der Waals surface area contributed by atoms with Crippen LogP contribution in [0.1, 0.15) is 35.1 Å². The third kappa shape index (κ3) is 3.57. The van der Waals surface area contributed by atoms with Crippen LogP contribution < -0.4 is 5.32 Å². The summed E-state index contributed by atoms with van der Waals surface area (Å²) in [5, 5.41) is 3.24. The lowest BCUT2D eigenvalue weighted by atomic mass is 9.99. The smallest absolute Gasteiger partial charge is 0.310 e. The maximum absolute atomic E-state index is 12.0. The van der Waals surface area contributed by atoms with Crippen molar-refractivity contribution in [3.63, 3.8) is 0 Å². The van der Waals surface area contributed by atoms with Gasteiger partial charge in [0, 0.05) is 6.54 Å². The molecule has 1 atom stereocenters. The molecule has 104 valence electrons. The lowest BCUT2D eigenvalue weighted by Crippen LogP contribution is -2.35. The van der Waals surface area contributed by atoms with Crippen molar-refractivity contribution in [1.82, 2.24) is 5.32 Å². The van der Waals surface area contributed by atoms with E-state index in [0.29, 0.717) is 6.61 Å². The molecule has 1 N–H and O–H groups in total. The Kier molecular flexibility index (Phi) is 4.59. The Balaban J connectivity index is 1.96. The summed E-state index contributed by atoms with van der Waals surface area (Å²) in [5.74, 6) is -0.0358. The quantitative estimate of drug-likeness (QED) is 0.850. The normalized spacial score (nSPS) is 19.2. The summed E-state index contributed by atoms with van der Waals surface area (Å²) >= 11 is 0. The predicted octanol–water partition coefficient (Wildman–Crippen LogP) is 2.65. The van der Waals surface area contributed by atoms with E-state index in [1.807, 2.05) is 0 Å². The van der Waals surface area contributed by atoms with Crippen molar-refractivity contribution in [2.75, 3.05) is 13.1 Å². The van der Waals surface area contributed by atoms with Gasteiger partial charge in [-0.25, -0.2) is 0 Å². The number of esters is 1. The van der Waals surface area contributed by atoms with Gasteiger partial charge in [0.25, 0.3) is 0 Å². The molecule has 1 heterocycles. The first-order valence-electron chi connectivity index (χ1n) is 7.02. The van der Waals surface area contributed by atoms with Crippen molar-refractivity contribution in [3.05, 3.63) is 34.4 Å². The predicted molar refractivity (Wildman–Crippen MR) is 76.0 cm³/mol. The Morgan fingerprint density at radius 1 is 1.32 bits per heavy atom. The third-order valence-electron chi connectivity index (χ3n) is 3.83. The fourth-order valence-electron chi connectivity index (χ4n) is 2.75. The van der Waals surface area contributed by atoms with E-state index in [1.54, 1.807) is 0 Å². The number of piperidine rings is 1. The maximum atomic E-state index is 12.0. The van der Waals surface area contributed by atoms with Crippen molar-refractivity contribution in [2.24, 2.45) is 5.92 Å². The molecule has 1 fully saturated rings. The van der Waals surface area contributed by atoms with Crippen LogP contribution in [0.2, 0.25) is 0 Å². The zero-order chi connectivity index (χ0) is 13.8. The average Bonchev–Trinajstić information content (AvgIpc) is 2.38. The van der Waals surface area contributed by atoms with Crippen LogP contribution in [0.5, 0.6) is 0 Å². The number of nitrogens with one attached hydrogen (secondary N) is 1. The molecular weight excluding hydrogens is 238 g/mol. The first-order valence-corrected chi connectivity index (χ1v) is 7.02. The summed E-state index contributed by atoms with van der Waals surface area (Å²) in [4.78, 5) is 12.0. The van der Waals surface area contributed by atoms with Gasteiger partial charge in [-0.2, -0.15) is 0 Å². The van der Waals surface area contributed by atoms with Gasteiger partial charge in [0.15, 0.2) is 0 Å². The maximum Gasteiger partial charge on any atom is 0.310 e. The van der Waals surface area contributed by atoms with Crippen LogP contribution >= 0.6 is 0 Å². The van der Waals surface area contributed by atoms with E-state index in [-0.39, 0.29) is 11.9 Å². The van der Waals surface area contributed by atoms with Gasteiger partial charge in [-0.05, 0) is 56.8 Å². The van der Waals surface area contributed by atoms with Crippen LogP contribution in [-0.2, 0) is 16.1 Å². The first-order chi connectivity index (χ1) is 9.08. The van der Waals surface area contributed by atoms with Gasteiger partial charge in [-0.15, -0.1) is 0 Å². The van der Waals surface area contributed by atoms with Crippen molar-refractivity contribution < 1.29 is 9.53 Å². The second kappa shape index (κ2) is 6.20. The molecule has 0 radical (unpaired) electrons. The minimum atomic E-state index is -0.0634. The summed E-state index contributed by atoms with van der Waals surface area (Å²) in [6, 6.07) is 4.27. The largest absolute Gasteiger partial charge is 0.461 e. The number of ether oxygens (including phenoxy) is 1. The summed E-state index contributed by atoms with van der Waals surface area (Å²) in [5.41, 5.74) is 4.79. The van der Waals surface area contributed by atoms with Crippen LogP contribution in [-0.4, -0.2) is 19.1 Å². The van der Waals surface area contributed by atoms with Gasteiger partial charge in [0.2, 0.25) is 0 Å². The lowest BCUT2D eigenvalue weighted by Gasteiger charge is -2.21. The molecule has 19 heavy (non-hydrogen) atoms. The van der Waals surface area contributed by atoms with Gasteiger partial charge in [0.1, 0.15) is 6.61 Å². The number of rotatable bonds is 3. The highest BCUT2D eigenvalue weighted by molar-refractivity contribution is 5.72. The number of aryl methyl sites for hydroxylation is 3. The highest BCUT2D eigenvalue weighted by Gasteiger charge is 2.22. The lowest BCUT2D eigenvalue weighted by molar-refractivity contribution is -0.150. The summed E-state index contributed by atoms with van der Waals surface area (Å²) in [6.07, 6.45) is 2.00. The number of hydrogen-bond acceptors (Lipinski definition) is 3. The molecule has 0 spiro atoms. The Labute approximate surface area is 115 Å². The summed E-state index contributed by atoms with van der Waals surface area (Å²) < 4.78 is 5.49. The van der Waals surface area contributed by atoms with Crippen LogP contribution in [0.4, 0.5) is 0 Å². The zero-order valence-corrected chi connectivity index (χ0v) is 12.1. The van der Waals surface area contributed by atoms with E-state index in [1.165, 1.54) is 16.7 Å². The molecule has 1 saturated heterocycles. The molecule has 0 bridgehead atoms. The van der Waals surface area contributed by atoms with Crippen LogP contribution in [0.25, 0.3) is 0 Å². The summed E-state index contributed by atoms with van der Waals surface area (Å²) in [6.45, 7) is 8.40. The SMILES string of the molecule is Cc1cc(C)c(COC(=O)C2CCCNC2)c(C)c1. The molecule has 3 nitrogen and oxygen atoms in total. The van der Waals surface area contributed by atoms with E-state index in [0.717, 1.165) is 31.5 Å². The van der Waals surface area contributed by atoms with E-state index < -0.39 is 0 Å².